The molecule has 0 rings (SSSR count). The Morgan fingerprint density at radius 3 is 2.33 bits per heavy atom. The Kier molecular flexibility index (Phi) is 5.44. The molecule has 0 aromatic carbocycles. The zero-order chi connectivity index (χ0) is 9.61. The summed E-state index contributed by atoms with van der Waals surface area (Å²) in [6.07, 6.45) is 0.774. The van der Waals surface area contributed by atoms with Gasteiger partial charge < -0.3 is 4.74 Å². The summed E-state index contributed by atoms with van der Waals surface area (Å²) in [7, 11) is -3.35. The van der Waals surface area contributed by atoms with Gasteiger partial charge in [0.25, 0.3) is 0 Å². The maximum Gasteiger partial charge on any atom is 0.209 e. The SMILES string of the molecule is CCOCC(CC)CS(N)(=O)=O. The van der Waals surface area contributed by atoms with E-state index in [4.69, 9.17) is 9.88 Å². The van der Waals surface area contributed by atoms with Crippen LogP contribution in [0.1, 0.15) is 20.3 Å². The topological polar surface area (TPSA) is 69.4 Å². The molecule has 0 fully saturated rings. The first-order valence-corrected chi connectivity index (χ1v) is 5.79. The molecule has 74 valence electrons. The van der Waals surface area contributed by atoms with Gasteiger partial charge in [0.1, 0.15) is 0 Å². The lowest BCUT2D eigenvalue weighted by atomic mass is 10.1. The summed E-state index contributed by atoms with van der Waals surface area (Å²) >= 11 is 0. The van der Waals surface area contributed by atoms with Crippen molar-refractivity contribution in [1.29, 1.82) is 0 Å². The highest BCUT2D eigenvalue weighted by atomic mass is 32.2. The second kappa shape index (κ2) is 5.50. The van der Waals surface area contributed by atoms with Gasteiger partial charge in [0.15, 0.2) is 0 Å². The molecule has 0 radical (unpaired) electrons. The average Bonchev–Trinajstić information content (AvgIpc) is 1.95. The van der Waals surface area contributed by atoms with E-state index in [0.29, 0.717) is 13.2 Å². The summed E-state index contributed by atoms with van der Waals surface area (Å²) in [5.41, 5.74) is 0. The molecule has 0 aromatic rings. The van der Waals surface area contributed by atoms with Gasteiger partial charge in [0.2, 0.25) is 10.0 Å². The van der Waals surface area contributed by atoms with E-state index in [1.54, 1.807) is 0 Å². The number of rotatable bonds is 6. The first-order valence-electron chi connectivity index (χ1n) is 4.07. The number of sulfonamides is 1. The first-order chi connectivity index (χ1) is 5.49. The van der Waals surface area contributed by atoms with E-state index >= 15 is 0 Å². The van der Waals surface area contributed by atoms with Gasteiger partial charge in [-0.2, -0.15) is 0 Å². The Hall–Kier alpha value is -0.130. The van der Waals surface area contributed by atoms with E-state index in [0.717, 1.165) is 6.42 Å². The summed E-state index contributed by atoms with van der Waals surface area (Å²) in [6.45, 7) is 4.89. The van der Waals surface area contributed by atoms with Gasteiger partial charge in [-0.3, -0.25) is 0 Å². The minimum absolute atomic E-state index is 0.0174. The zero-order valence-electron chi connectivity index (χ0n) is 7.62. The van der Waals surface area contributed by atoms with Gasteiger partial charge >= 0.3 is 0 Å². The zero-order valence-corrected chi connectivity index (χ0v) is 8.43. The molecule has 0 amide bonds. The smallest absolute Gasteiger partial charge is 0.209 e. The maximum atomic E-state index is 10.7. The fourth-order valence-electron chi connectivity index (χ4n) is 0.897. The van der Waals surface area contributed by atoms with Crippen molar-refractivity contribution in [2.24, 2.45) is 11.1 Å². The molecule has 2 N–H and O–H groups in total. The van der Waals surface area contributed by atoms with Crippen LogP contribution in [-0.2, 0) is 14.8 Å². The van der Waals surface area contributed by atoms with Crippen LogP contribution in [0.3, 0.4) is 0 Å². The highest BCUT2D eigenvalue weighted by Crippen LogP contribution is 2.05. The van der Waals surface area contributed by atoms with E-state index < -0.39 is 10.0 Å². The molecule has 0 aliphatic carbocycles. The van der Waals surface area contributed by atoms with Gasteiger partial charge in [-0.15, -0.1) is 0 Å². The van der Waals surface area contributed by atoms with Crippen LogP contribution in [0.25, 0.3) is 0 Å². The summed E-state index contributed by atoms with van der Waals surface area (Å²) in [5.74, 6) is 0.0451. The number of hydrogen-bond acceptors (Lipinski definition) is 3. The molecule has 0 aromatic heterocycles. The molecule has 4 nitrogen and oxygen atoms in total. The monoisotopic (exact) mass is 195 g/mol. The Morgan fingerprint density at radius 2 is 2.00 bits per heavy atom. The molecule has 0 aliphatic heterocycles. The van der Waals surface area contributed by atoms with Crippen molar-refractivity contribution >= 4 is 10.0 Å². The van der Waals surface area contributed by atoms with Crippen LogP contribution < -0.4 is 5.14 Å². The van der Waals surface area contributed by atoms with E-state index in [9.17, 15) is 8.42 Å². The summed E-state index contributed by atoms with van der Waals surface area (Å²) in [6, 6.07) is 0. The number of hydrogen-bond donors (Lipinski definition) is 1. The summed E-state index contributed by atoms with van der Waals surface area (Å²) < 4.78 is 26.5. The minimum Gasteiger partial charge on any atom is -0.381 e. The molecule has 0 aliphatic rings. The van der Waals surface area contributed by atoms with E-state index in [-0.39, 0.29) is 11.7 Å². The molecule has 0 saturated heterocycles. The third-order valence-electron chi connectivity index (χ3n) is 1.60. The maximum absolute atomic E-state index is 10.7. The van der Waals surface area contributed by atoms with Crippen LogP contribution >= 0.6 is 0 Å². The Bertz CT molecular complexity index is 201. The number of primary sulfonamides is 1. The van der Waals surface area contributed by atoms with Crippen molar-refractivity contribution in [3.63, 3.8) is 0 Å². The Morgan fingerprint density at radius 1 is 1.42 bits per heavy atom. The van der Waals surface area contributed by atoms with Crippen molar-refractivity contribution in [1.82, 2.24) is 0 Å². The second-order valence-corrected chi connectivity index (χ2v) is 4.42. The predicted octanol–water partition coefficient (Wildman–Crippen LogP) is 0.338. The van der Waals surface area contributed by atoms with Crippen LogP contribution in [0.4, 0.5) is 0 Å². The van der Waals surface area contributed by atoms with E-state index in [2.05, 4.69) is 0 Å². The summed E-state index contributed by atoms with van der Waals surface area (Å²) in [4.78, 5) is 0. The summed E-state index contributed by atoms with van der Waals surface area (Å²) in [5, 5.41) is 4.90. The highest BCUT2D eigenvalue weighted by molar-refractivity contribution is 7.89. The molecular weight excluding hydrogens is 178 g/mol. The van der Waals surface area contributed by atoms with Crippen molar-refractivity contribution in [2.45, 2.75) is 20.3 Å². The van der Waals surface area contributed by atoms with Gasteiger partial charge in [-0.25, -0.2) is 13.6 Å². The lowest BCUT2D eigenvalue weighted by Gasteiger charge is -2.12. The van der Waals surface area contributed by atoms with Crippen molar-refractivity contribution in [2.75, 3.05) is 19.0 Å². The van der Waals surface area contributed by atoms with Crippen molar-refractivity contribution in [3.8, 4) is 0 Å². The Balaban J connectivity index is 3.83. The van der Waals surface area contributed by atoms with Gasteiger partial charge in [-0.1, -0.05) is 13.3 Å². The molecular formula is C7H17NO3S. The van der Waals surface area contributed by atoms with Gasteiger partial charge in [0, 0.05) is 6.61 Å². The molecule has 1 unspecified atom stereocenters. The Labute approximate surface area is 74.1 Å². The molecule has 5 heteroatoms. The minimum atomic E-state index is -3.35. The third kappa shape index (κ3) is 6.57. The standard InChI is InChI=1S/C7H17NO3S/c1-3-7(5-11-4-2)6-12(8,9)10/h7H,3-6H2,1-2H3,(H2,8,9,10). The van der Waals surface area contributed by atoms with Crippen LogP contribution in [0.15, 0.2) is 0 Å². The van der Waals surface area contributed by atoms with Crippen LogP contribution in [0.5, 0.6) is 0 Å². The van der Waals surface area contributed by atoms with E-state index in [1.165, 1.54) is 0 Å². The molecule has 0 spiro atoms. The number of nitrogens with two attached hydrogens (primary N) is 1. The fourth-order valence-corrected chi connectivity index (χ4v) is 1.89. The van der Waals surface area contributed by atoms with Gasteiger partial charge in [-0.05, 0) is 12.8 Å². The normalized spacial score (nSPS) is 14.6. The van der Waals surface area contributed by atoms with Crippen LogP contribution in [0, 0.1) is 5.92 Å². The highest BCUT2D eigenvalue weighted by Gasteiger charge is 2.13. The average molecular weight is 195 g/mol. The lowest BCUT2D eigenvalue weighted by molar-refractivity contribution is 0.116. The third-order valence-corrected chi connectivity index (χ3v) is 2.54. The van der Waals surface area contributed by atoms with Gasteiger partial charge in [0.05, 0.1) is 12.4 Å². The molecule has 0 saturated carbocycles. The fraction of sp³-hybridized carbons (Fsp3) is 1.00. The van der Waals surface area contributed by atoms with Crippen molar-refractivity contribution < 1.29 is 13.2 Å². The number of ether oxygens (including phenoxy) is 1. The molecule has 0 bridgehead atoms. The quantitative estimate of drug-likeness (QED) is 0.664. The van der Waals surface area contributed by atoms with Crippen LogP contribution in [0.2, 0.25) is 0 Å². The van der Waals surface area contributed by atoms with Crippen LogP contribution in [-0.4, -0.2) is 27.4 Å². The van der Waals surface area contributed by atoms with E-state index in [1.807, 2.05) is 13.8 Å². The predicted molar refractivity (Wildman–Crippen MR) is 48.2 cm³/mol. The molecule has 0 heterocycles. The largest absolute Gasteiger partial charge is 0.381 e. The lowest BCUT2D eigenvalue weighted by Crippen LogP contribution is -2.25. The first kappa shape index (κ1) is 11.9. The van der Waals surface area contributed by atoms with Crippen molar-refractivity contribution in [3.05, 3.63) is 0 Å². The molecule has 12 heavy (non-hydrogen) atoms. The molecule has 1 atom stereocenters. The second-order valence-electron chi connectivity index (χ2n) is 2.76.